The summed E-state index contributed by atoms with van der Waals surface area (Å²) in [4.78, 5) is 18.7. The number of nitrogens with one attached hydrogen (secondary N) is 3. The number of carbonyl (C=O) groups is 1. The molecular weight excluding hydrogens is 411 g/mol. The molecule has 160 valence electrons. The maximum Gasteiger partial charge on any atom is 0.451 e. The maximum atomic E-state index is 13.4. The molecule has 0 amide bonds. The number of rotatable bonds is 7. The first kappa shape index (κ1) is 21.8. The van der Waals surface area contributed by atoms with Crippen LogP contribution in [0.3, 0.4) is 0 Å². The van der Waals surface area contributed by atoms with Gasteiger partial charge in [-0.2, -0.15) is 13.2 Å². The van der Waals surface area contributed by atoms with Gasteiger partial charge in [0.05, 0.1) is 18.2 Å². The van der Waals surface area contributed by atoms with Crippen LogP contribution in [0.1, 0.15) is 27.3 Å². The highest BCUT2D eigenvalue weighted by Crippen LogP contribution is 2.31. The van der Waals surface area contributed by atoms with Crippen molar-refractivity contribution in [3.05, 3.63) is 77.1 Å². The molecule has 0 saturated heterocycles. The van der Waals surface area contributed by atoms with Gasteiger partial charge < -0.3 is 20.8 Å². The summed E-state index contributed by atoms with van der Waals surface area (Å²) in [5.74, 6) is -2.21. The first-order chi connectivity index (χ1) is 14.8. The normalized spacial score (nSPS) is 11.0. The summed E-state index contributed by atoms with van der Waals surface area (Å²) in [7, 11) is 1.24. The summed E-state index contributed by atoms with van der Waals surface area (Å²) in [5.41, 5.74) is 1.54. The van der Waals surface area contributed by atoms with Crippen LogP contribution < -0.4 is 10.6 Å². The van der Waals surface area contributed by atoms with Crippen molar-refractivity contribution in [1.29, 1.82) is 5.41 Å². The van der Waals surface area contributed by atoms with Crippen molar-refractivity contribution in [3.8, 4) is 0 Å². The number of alkyl halides is 3. The molecule has 0 unspecified atom stereocenters. The number of anilines is 3. The predicted octanol–water partition coefficient (Wildman–Crippen LogP) is 4.64. The fraction of sp³-hybridized carbons (Fsp3) is 0.143. The van der Waals surface area contributed by atoms with Gasteiger partial charge in [-0.05, 0) is 29.8 Å². The number of halogens is 3. The Bertz CT molecular complexity index is 1070. The lowest BCUT2D eigenvalue weighted by Gasteiger charge is -2.16. The van der Waals surface area contributed by atoms with Crippen LogP contribution in [0.4, 0.5) is 30.5 Å². The van der Waals surface area contributed by atoms with Crippen LogP contribution >= 0.6 is 0 Å². The van der Waals surface area contributed by atoms with E-state index >= 15 is 0 Å². The van der Waals surface area contributed by atoms with E-state index in [0.29, 0.717) is 5.69 Å². The van der Waals surface area contributed by atoms with E-state index in [2.05, 4.69) is 25.3 Å². The van der Waals surface area contributed by atoms with Gasteiger partial charge in [-0.1, -0.05) is 30.3 Å². The van der Waals surface area contributed by atoms with E-state index in [0.717, 1.165) is 11.8 Å². The zero-order chi connectivity index (χ0) is 22.4. The summed E-state index contributed by atoms with van der Waals surface area (Å²) in [6.45, 7) is 0.212. The Morgan fingerprint density at radius 1 is 1.06 bits per heavy atom. The predicted molar refractivity (Wildman–Crippen MR) is 110 cm³/mol. The van der Waals surface area contributed by atoms with E-state index in [1.54, 1.807) is 12.1 Å². The summed E-state index contributed by atoms with van der Waals surface area (Å²) in [6, 6.07) is 15.0. The molecule has 2 aromatic carbocycles. The van der Waals surface area contributed by atoms with Crippen molar-refractivity contribution in [3.63, 3.8) is 0 Å². The van der Waals surface area contributed by atoms with Gasteiger partial charge in [0.2, 0.25) is 5.82 Å². The minimum atomic E-state index is -4.78. The fourth-order valence-corrected chi connectivity index (χ4v) is 2.69. The molecule has 31 heavy (non-hydrogen) atoms. The van der Waals surface area contributed by atoms with Gasteiger partial charge in [0.15, 0.2) is 0 Å². The number of aromatic nitrogens is 2. The number of methoxy groups -OCH3 is 1. The first-order valence-corrected chi connectivity index (χ1v) is 9.04. The minimum Gasteiger partial charge on any atom is -0.465 e. The zero-order valence-electron chi connectivity index (χ0n) is 16.3. The zero-order valence-corrected chi connectivity index (χ0v) is 16.3. The second kappa shape index (κ2) is 9.24. The molecule has 0 aliphatic rings. The van der Waals surface area contributed by atoms with E-state index in [9.17, 15) is 18.0 Å². The first-order valence-electron chi connectivity index (χ1n) is 9.04. The van der Waals surface area contributed by atoms with Gasteiger partial charge in [-0.25, -0.2) is 14.8 Å². The van der Waals surface area contributed by atoms with Gasteiger partial charge in [0.25, 0.3) is 0 Å². The van der Waals surface area contributed by atoms with E-state index in [1.807, 2.05) is 18.2 Å². The second-order valence-electron chi connectivity index (χ2n) is 6.33. The smallest absolute Gasteiger partial charge is 0.451 e. The number of hydrogen-bond acceptors (Lipinski definition) is 7. The van der Waals surface area contributed by atoms with E-state index in [-0.39, 0.29) is 29.3 Å². The average Bonchev–Trinajstić information content (AvgIpc) is 2.77. The molecule has 0 radical (unpaired) electrons. The van der Waals surface area contributed by atoms with Gasteiger partial charge in [-0.15, -0.1) is 0 Å². The molecule has 10 heteroatoms. The van der Waals surface area contributed by atoms with Crippen molar-refractivity contribution >= 4 is 29.5 Å². The maximum absolute atomic E-state index is 13.4. The minimum absolute atomic E-state index is 0.0565. The molecule has 1 heterocycles. The average molecular weight is 429 g/mol. The van der Waals surface area contributed by atoms with Crippen molar-refractivity contribution in [1.82, 2.24) is 9.97 Å². The molecule has 0 atom stereocenters. The summed E-state index contributed by atoms with van der Waals surface area (Å²) in [5, 5.41) is 13.3. The Balaban J connectivity index is 1.95. The monoisotopic (exact) mass is 429 g/mol. The Labute approximate surface area is 175 Å². The molecular formula is C21H18F3N5O2. The quantitative estimate of drug-likeness (QED) is 0.374. The van der Waals surface area contributed by atoms with Crippen molar-refractivity contribution < 1.29 is 22.7 Å². The molecule has 0 bridgehead atoms. The third-order valence-electron chi connectivity index (χ3n) is 4.22. The Kier molecular flexibility index (Phi) is 6.49. The number of carbonyl (C=O) groups excluding carboxylic acids is 1. The largest absolute Gasteiger partial charge is 0.465 e. The summed E-state index contributed by atoms with van der Waals surface area (Å²) >= 11 is 0. The SMILES string of the molecule is COC(=O)c1ccc(Nc2nc(C(F)(F)F)nc(NCc3ccccc3)c2C=N)cc1. The van der Waals surface area contributed by atoms with Crippen LogP contribution in [0.5, 0.6) is 0 Å². The lowest BCUT2D eigenvalue weighted by Crippen LogP contribution is -2.17. The van der Waals surface area contributed by atoms with Crippen LogP contribution in [-0.4, -0.2) is 29.3 Å². The number of ether oxygens (including phenoxy) is 1. The lowest BCUT2D eigenvalue weighted by atomic mass is 10.2. The van der Waals surface area contributed by atoms with Gasteiger partial charge in [-0.3, -0.25) is 0 Å². The molecule has 0 aliphatic carbocycles. The van der Waals surface area contributed by atoms with E-state index in [1.165, 1.54) is 31.4 Å². The highest BCUT2D eigenvalue weighted by Gasteiger charge is 2.36. The molecule has 0 aliphatic heterocycles. The third-order valence-corrected chi connectivity index (χ3v) is 4.22. The van der Waals surface area contributed by atoms with Crippen LogP contribution in [0.15, 0.2) is 54.6 Å². The molecule has 3 aromatic rings. The van der Waals surface area contributed by atoms with Crippen LogP contribution in [0.25, 0.3) is 0 Å². The highest BCUT2D eigenvalue weighted by atomic mass is 19.4. The fourth-order valence-electron chi connectivity index (χ4n) is 2.69. The van der Waals surface area contributed by atoms with Crippen molar-refractivity contribution in [2.45, 2.75) is 12.7 Å². The molecule has 7 nitrogen and oxygen atoms in total. The molecule has 0 saturated carbocycles. The Hall–Kier alpha value is -3.95. The van der Waals surface area contributed by atoms with Crippen LogP contribution in [-0.2, 0) is 17.5 Å². The lowest BCUT2D eigenvalue weighted by molar-refractivity contribution is -0.144. The summed E-state index contributed by atoms with van der Waals surface area (Å²) in [6.07, 6.45) is -3.91. The van der Waals surface area contributed by atoms with Crippen molar-refractivity contribution in [2.24, 2.45) is 0 Å². The summed E-state index contributed by atoms with van der Waals surface area (Å²) < 4.78 is 44.8. The third kappa shape index (κ3) is 5.35. The van der Waals surface area contributed by atoms with Crippen molar-refractivity contribution in [2.75, 3.05) is 17.7 Å². The second-order valence-corrected chi connectivity index (χ2v) is 6.33. The molecule has 1 aromatic heterocycles. The van der Waals surface area contributed by atoms with E-state index in [4.69, 9.17) is 5.41 Å². The number of hydrogen-bond donors (Lipinski definition) is 3. The van der Waals surface area contributed by atoms with Gasteiger partial charge in [0.1, 0.15) is 11.6 Å². The molecule has 0 spiro atoms. The standard InChI is InChI=1S/C21H18F3N5O2/c1-31-19(30)14-7-9-15(10-8-14)27-18-16(11-25)17(28-20(29-18)21(22,23)24)26-12-13-5-3-2-4-6-13/h2-11,25H,12H2,1H3,(H2,26,27,28,29). The Morgan fingerprint density at radius 2 is 1.71 bits per heavy atom. The molecule has 0 fully saturated rings. The number of benzene rings is 2. The van der Waals surface area contributed by atoms with Gasteiger partial charge in [0, 0.05) is 18.4 Å². The highest BCUT2D eigenvalue weighted by molar-refractivity contribution is 5.92. The molecule has 3 N–H and O–H groups in total. The number of nitrogens with zero attached hydrogens (tertiary/aromatic N) is 2. The van der Waals surface area contributed by atoms with E-state index < -0.39 is 18.0 Å². The van der Waals surface area contributed by atoms with Gasteiger partial charge >= 0.3 is 12.1 Å². The van der Waals surface area contributed by atoms with Crippen LogP contribution in [0.2, 0.25) is 0 Å². The topological polar surface area (TPSA) is 100.0 Å². The Morgan fingerprint density at radius 3 is 2.29 bits per heavy atom. The molecule has 3 rings (SSSR count). The number of esters is 1. The van der Waals surface area contributed by atoms with Crippen LogP contribution in [0, 0.1) is 5.41 Å².